The number of phosphoric acid groups is 2. The minimum atomic E-state index is -4.93. The molecule has 17 nitrogen and oxygen atoms in total. The van der Waals surface area contributed by atoms with Crippen LogP contribution in [0.1, 0.15) is 279 Å². The molecule has 0 aliphatic rings. The quantitative estimate of drug-likeness (QED) is 0.0222. The number of ether oxygens (including phenoxy) is 4. The molecule has 0 rings (SSSR count). The van der Waals surface area contributed by atoms with Gasteiger partial charge in [-0.15, -0.1) is 0 Å². The molecule has 0 amide bonds. The lowest BCUT2D eigenvalue weighted by Gasteiger charge is -2.21. The summed E-state index contributed by atoms with van der Waals surface area (Å²) in [7, 11) is -9.85. The Labute approximate surface area is 460 Å². The van der Waals surface area contributed by atoms with Crippen molar-refractivity contribution in [3.05, 3.63) is 0 Å². The highest BCUT2D eigenvalue weighted by Crippen LogP contribution is 2.45. The molecule has 5 atom stereocenters. The molecule has 2 unspecified atom stereocenters. The second kappa shape index (κ2) is 51.2. The first-order valence-electron chi connectivity index (χ1n) is 30.1. The van der Waals surface area contributed by atoms with E-state index in [9.17, 15) is 43.2 Å². The molecule has 0 aliphatic carbocycles. The molecule has 0 aromatic carbocycles. The first kappa shape index (κ1) is 74.1. The summed E-state index contributed by atoms with van der Waals surface area (Å²) in [6.07, 6.45) is 32.8. The van der Waals surface area contributed by atoms with Crippen molar-refractivity contribution in [2.45, 2.75) is 297 Å². The van der Waals surface area contributed by atoms with Crippen molar-refractivity contribution in [3.8, 4) is 0 Å². The number of phosphoric ester groups is 2. The number of rotatable bonds is 57. The molecule has 0 aromatic heterocycles. The third-order valence-electron chi connectivity index (χ3n) is 13.0. The zero-order valence-electron chi connectivity index (χ0n) is 48.4. The zero-order valence-corrected chi connectivity index (χ0v) is 50.2. The summed E-state index contributed by atoms with van der Waals surface area (Å²) < 4.78 is 67.3. The van der Waals surface area contributed by atoms with Gasteiger partial charge in [0.1, 0.15) is 19.3 Å². The minimum Gasteiger partial charge on any atom is -0.462 e. The Morgan fingerprint density at radius 3 is 0.895 bits per heavy atom. The number of esters is 4. The van der Waals surface area contributed by atoms with Crippen LogP contribution in [0.3, 0.4) is 0 Å². The molecule has 19 heteroatoms. The van der Waals surface area contributed by atoms with Gasteiger partial charge in [0.05, 0.1) is 26.4 Å². The van der Waals surface area contributed by atoms with E-state index >= 15 is 0 Å². The maximum absolute atomic E-state index is 12.9. The molecule has 0 aliphatic heterocycles. The highest BCUT2D eigenvalue weighted by molar-refractivity contribution is 7.47. The number of aliphatic hydroxyl groups excluding tert-OH is 1. The molecule has 0 aromatic rings. The molecule has 0 saturated heterocycles. The molecule has 76 heavy (non-hydrogen) atoms. The molecular weight excluding hydrogens is 1020 g/mol. The number of carbonyl (C=O) groups excluding carboxylic acids is 4. The molecule has 0 fully saturated rings. The highest BCUT2D eigenvalue weighted by atomic mass is 31.2. The van der Waals surface area contributed by atoms with Crippen LogP contribution in [-0.4, -0.2) is 96.7 Å². The van der Waals surface area contributed by atoms with Crippen molar-refractivity contribution >= 4 is 39.5 Å². The van der Waals surface area contributed by atoms with E-state index in [2.05, 4.69) is 34.6 Å². The van der Waals surface area contributed by atoms with E-state index in [1.165, 1.54) is 96.3 Å². The van der Waals surface area contributed by atoms with Gasteiger partial charge in [-0.3, -0.25) is 37.3 Å². The lowest BCUT2D eigenvalue weighted by Crippen LogP contribution is -2.30. The fourth-order valence-corrected chi connectivity index (χ4v) is 9.92. The second-order valence-electron chi connectivity index (χ2n) is 21.2. The van der Waals surface area contributed by atoms with E-state index in [0.717, 1.165) is 102 Å². The van der Waals surface area contributed by atoms with Crippen molar-refractivity contribution < 1.29 is 80.2 Å². The van der Waals surface area contributed by atoms with Crippen LogP contribution in [0.4, 0.5) is 0 Å². The van der Waals surface area contributed by atoms with Crippen LogP contribution in [-0.2, 0) is 65.4 Å². The summed E-state index contributed by atoms with van der Waals surface area (Å²) in [6, 6.07) is 0. The largest absolute Gasteiger partial charge is 0.472 e. The van der Waals surface area contributed by atoms with Gasteiger partial charge in [0.2, 0.25) is 0 Å². The van der Waals surface area contributed by atoms with Crippen LogP contribution in [0, 0.1) is 5.92 Å². The smallest absolute Gasteiger partial charge is 0.462 e. The lowest BCUT2D eigenvalue weighted by atomic mass is 10.0. The van der Waals surface area contributed by atoms with Gasteiger partial charge in [-0.1, -0.05) is 227 Å². The van der Waals surface area contributed by atoms with E-state index in [1.54, 1.807) is 0 Å². The Morgan fingerprint density at radius 2 is 0.605 bits per heavy atom. The molecule has 0 bridgehead atoms. The van der Waals surface area contributed by atoms with Crippen molar-refractivity contribution in [1.82, 2.24) is 0 Å². The molecule has 0 spiro atoms. The Balaban J connectivity index is 5.12. The Bertz CT molecular complexity index is 1500. The summed E-state index contributed by atoms with van der Waals surface area (Å²) in [4.78, 5) is 71.4. The topological polar surface area (TPSA) is 237 Å². The number of carbonyl (C=O) groups is 4. The number of unbranched alkanes of at least 4 members (excludes halogenated alkanes) is 29. The predicted molar refractivity (Wildman–Crippen MR) is 298 cm³/mol. The van der Waals surface area contributed by atoms with Crippen molar-refractivity contribution in [1.29, 1.82) is 0 Å². The van der Waals surface area contributed by atoms with Gasteiger partial charge >= 0.3 is 39.5 Å². The SMILES string of the molecule is CCCCCCCCCCCCCC(=O)OC[C@H](COP(=O)(O)OC[C@@H](O)COP(=O)(O)OC[C@@H](COC(=O)CCCCCCC)OC(=O)CCCCCCC)OC(=O)CCCCCCCCCCCCCCC(C)C. The summed E-state index contributed by atoms with van der Waals surface area (Å²) in [5.41, 5.74) is 0. The van der Waals surface area contributed by atoms with E-state index in [1.807, 2.05) is 0 Å². The minimum absolute atomic E-state index is 0.0988. The van der Waals surface area contributed by atoms with Gasteiger partial charge in [0, 0.05) is 25.7 Å². The number of hydrogen-bond acceptors (Lipinski definition) is 15. The lowest BCUT2D eigenvalue weighted by molar-refractivity contribution is -0.161. The molecule has 450 valence electrons. The van der Waals surface area contributed by atoms with Gasteiger partial charge in [0.15, 0.2) is 12.2 Å². The van der Waals surface area contributed by atoms with Crippen molar-refractivity contribution in [3.63, 3.8) is 0 Å². The average molecular weight is 1130 g/mol. The van der Waals surface area contributed by atoms with E-state index in [4.69, 9.17) is 37.0 Å². The number of aliphatic hydroxyl groups is 1. The Kier molecular flexibility index (Phi) is 49.9. The third kappa shape index (κ3) is 51.5. The zero-order chi connectivity index (χ0) is 56.4. The van der Waals surface area contributed by atoms with Gasteiger partial charge in [0.25, 0.3) is 0 Å². The van der Waals surface area contributed by atoms with Gasteiger partial charge < -0.3 is 33.8 Å². The van der Waals surface area contributed by atoms with Gasteiger partial charge in [-0.2, -0.15) is 0 Å². The molecule has 3 N–H and O–H groups in total. The summed E-state index contributed by atoms with van der Waals surface area (Å²) in [5.74, 6) is -1.39. The van der Waals surface area contributed by atoms with Crippen LogP contribution >= 0.6 is 15.6 Å². The molecule has 0 saturated carbocycles. The Hall–Kier alpha value is -1.94. The Morgan fingerprint density at radius 1 is 0.355 bits per heavy atom. The monoisotopic (exact) mass is 1130 g/mol. The van der Waals surface area contributed by atoms with Crippen LogP contribution in [0.15, 0.2) is 0 Å². The fourth-order valence-electron chi connectivity index (χ4n) is 8.34. The second-order valence-corrected chi connectivity index (χ2v) is 24.1. The van der Waals surface area contributed by atoms with E-state index in [0.29, 0.717) is 25.7 Å². The molecular formula is C57H110O17P2. The highest BCUT2D eigenvalue weighted by Gasteiger charge is 2.30. The first-order chi connectivity index (χ1) is 36.5. The van der Waals surface area contributed by atoms with Crippen LogP contribution in [0.25, 0.3) is 0 Å². The third-order valence-corrected chi connectivity index (χ3v) is 14.9. The van der Waals surface area contributed by atoms with Crippen molar-refractivity contribution in [2.24, 2.45) is 5.92 Å². The van der Waals surface area contributed by atoms with E-state index < -0.39 is 97.5 Å². The predicted octanol–water partition coefficient (Wildman–Crippen LogP) is 15.1. The first-order valence-corrected chi connectivity index (χ1v) is 33.1. The summed E-state index contributed by atoms with van der Waals surface area (Å²) >= 11 is 0. The normalized spacial score (nSPS) is 14.4. The van der Waals surface area contributed by atoms with Crippen LogP contribution < -0.4 is 0 Å². The van der Waals surface area contributed by atoms with Crippen molar-refractivity contribution in [2.75, 3.05) is 39.6 Å². The van der Waals surface area contributed by atoms with Crippen LogP contribution in [0.5, 0.6) is 0 Å². The molecule has 0 radical (unpaired) electrons. The maximum atomic E-state index is 12.9. The number of hydrogen-bond donors (Lipinski definition) is 3. The van der Waals surface area contributed by atoms with E-state index in [-0.39, 0.29) is 25.7 Å². The standard InChI is InChI=1S/C57H110O17P2/c1-6-9-12-15-16-17-20-24-27-32-36-41-55(60)68-47-53(74-57(62)43-38-33-28-25-22-19-18-21-23-26-31-34-39-50(4)5)49-72-76(65,66)70-45-51(58)44-69-75(63,64)71-48-52(73-56(61)42-37-30-14-11-8-3)46-67-54(59)40-35-29-13-10-7-2/h50-53,58H,6-49H2,1-5H3,(H,63,64)(H,65,66)/t51-,52+,53+/m0/s1. The van der Waals surface area contributed by atoms with Crippen LogP contribution in [0.2, 0.25) is 0 Å². The average Bonchev–Trinajstić information content (AvgIpc) is 3.38. The summed E-state index contributed by atoms with van der Waals surface area (Å²) in [5, 5.41) is 10.4. The summed E-state index contributed by atoms with van der Waals surface area (Å²) in [6.45, 7) is 6.96. The molecule has 0 heterocycles. The van der Waals surface area contributed by atoms with Gasteiger partial charge in [-0.05, 0) is 31.6 Å². The fraction of sp³-hybridized carbons (Fsp3) is 0.930. The van der Waals surface area contributed by atoms with Gasteiger partial charge in [-0.25, -0.2) is 9.13 Å². The maximum Gasteiger partial charge on any atom is 0.472 e.